The molecular weight excluding hydrogens is 426 g/mol. The van der Waals surface area contributed by atoms with Crippen molar-refractivity contribution in [2.24, 2.45) is 0 Å². The first-order valence-electron chi connectivity index (χ1n) is 10.1. The minimum atomic E-state index is -0.135. The van der Waals surface area contributed by atoms with E-state index in [4.69, 9.17) is 8.83 Å². The van der Waals surface area contributed by atoms with Gasteiger partial charge in [-0.1, -0.05) is 42.5 Å². The van der Waals surface area contributed by atoms with Crippen molar-refractivity contribution in [3.8, 4) is 35.7 Å². The molecule has 4 aromatic rings. The third-order valence-electron chi connectivity index (χ3n) is 5.37. The largest absolute Gasteiger partial charge is 0.436 e. The number of allylic oxidation sites excluding steroid dienone is 5. The number of hydrogen-bond acceptors (Lipinski definition) is 7. The highest BCUT2D eigenvalue weighted by molar-refractivity contribution is 6.15. The van der Waals surface area contributed by atoms with Gasteiger partial charge in [-0.2, -0.15) is 26.0 Å². The molecule has 0 aliphatic heterocycles. The van der Waals surface area contributed by atoms with Crippen LogP contribution < -0.4 is 0 Å². The highest BCUT2D eigenvalue weighted by atomic mass is 16.4. The molecule has 0 atom stereocenters. The summed E-state index contributed by atoms with van der Waals surface area (Å²) >= 11 is 0. The Labute approximate surface area is 193 Å². The molecule has 2 aromatic carbocycles. The molecule has 1 aliphatic rings. The lowest BCUT2D eigenvalue weighted by Gasteiger charge is -2.04. The van der Waals surface area contributed by atoms with Crippen LogP contribution in [0.15, 0.2) is 86.2 Å². The van der Waals surface area contributed by atoms with Gasteiger partial charge >= 0.3 is 0 Å². The summed E-state index contributed by atoms with van der Waals surface area (Å²) < 4.78 is 11.7. The topological polar surface area (TPSA) is 134 Å². The Kier molecular flexibility index (Phi) is 4.85. The average Bonchev–Trinajstić information content (AvgIpc) is 3.53. The Bertz CT molecular complexity index is 1600. The van der Waals surface area contributed by atoms with Gasteiger partial charge in [0.25, 0.3) is 5.71 Å². The number of nitrogens with zero attached hydrogens (tertiary/aromatic N) is 5. The lowest BCUT2D eigenvalue weighted by atomic mass is 9.96. The number of nitriles is 4. The maximum Gasteiger partial charge on any atom is 0.266 e. The van der Waals surface area contributed by atoms with Crippen LogP contribution >= 0.6 is 0 Å². The normalized spacial score (nSPS) is 11.8. The molecule has 0 spiro atoms. The van der Waals surface area contributed by atoms with E-state index in [1.165, 1.54) is 0 Å². The molecule has 0 bridgehead atoms. The van der Waals surface area contributed by atoms with E-state index in [9.17, 15) is 21.0 Å². The minimum absolute atomic E-state index is 0.135. The SMILES string of the molecule is N#CC(C#N)=C1C(=Cc2cc3oc(-c4ccccc4)nc3o2)C(=C(C#N)C#N)c2ccccc21. The van der Waals surface area contributed by atoms with Crippen molar-refractivity contribution < 1.29 is 8.83 Å². The van der Waals surface area contributed by atoms with Gasteiger partial charge in [0.05, 0.1) is 0 Å². The van der Waals surface area contributed by atoms with E-state index in [2.05, 4.69) is 4.98 Å². The van der Waals surface area contributed by atoms with Crippen LogP contribution in [0.5, 0.6) is 0 Å². The Morgan fingerprint density at radius 3 is 1.82 bits per heavy atom. The quantitative estimate of drug-likeness (QED) is 0.362. The summed E-state index contributed by atoms with van der Waals surface area (Å²) in [6, 6.07) is 25.7. The lowest BCUT2D eigenvalue weighted by molar-refractivity contribution is 0.593. The maximum absolute atomic E-state index is 9.60. The fraction of sp³-hybridized carbons (Fsp3) is 0. The van der Waals surface area contributed by atoms with Crippen LogP contribution in [0.3, 0.4) is 0 Å². The van der Waals surface area contributed by atoms with Gasteiger partial charge in [0.2, 0.25) is 5.89 Å². The second kappa shape index (κ2) is 8.13. The molecule has 7 nitrogen and oxygen atoms in total. The molecule has 0 fully saturated rings. The van der Waals surface area contributed by atoms with Crippen molar-refractivity contribution in [1.82, 2.24) is 4.98 Å². The molecular formula is C27H11N5O2. The first-order chi connectivity index (χ1) is 16.7. The molecule has 2 aromatic heterocycles. The Balaban J connectivity index is 1.73. The standard InChI is InChI=1S/C27H11N5O2/c28-12-17(13-29)24-20-8-4-5-9-21(20)25(18(14-30)15-31)22(24)10-19-11-23-27(33-19)32-26(34-23)16-6-2-1-3-7-16/h1-11H. The monoisotopic (exact) mass is 437 g/mol. The summed E-state index contributed by atoms with van der Waals surface area (Å²) in [7, 11) is 0. The van der Waals surface area contributed by atoms with E-state index in [1.807, 2.05) is 54.6 Å². The zero-order valence-corrected chi connectivity index (χ0v) is 17.4. The van der Waals surface area contributed by atoms with Gasteiger partial charge in [-0.05, 0) is 34.9 Å². The van der Waals surface area contributed by atoms with E-state index in [0.29, 0.717) is 45.1 Å². The molecule has 5 rings (SSSR count). The molecule has 2 heterocycles. The minimum Gasteiger partial charge on any atom is -0.436 e. The van der Waals surface area contributed by atoms with Gasteiger partial charge in [-0.3, -0.25) is 0 Å². The van der Waals surface area contributed by atoms with Crippen molar-refractivity contribution in [2.45, 2.75) is 0 Å². The van der Waals surface area contributed by atoms with Gasteiger partial charge in [0.15, 0.2) is 5.58 Å². The second-order valence-electron chi connectivity index (χ2n) is 7.25. The zero-order chi connectivity index (χ0) is 23.7. The van der Waals surface area contributed by atoms with Crippen molar-refractivity contribution in [3.63, 3.8) is 0 Å². The van der Waals surface area contributed by atoms with E-state index in [-0.39, 0.29) is 16.9 Å². The first kappa shape index (κ1) is 20.3. The van der Waals surface area contributed by atoms with E-state index >= 15 is 0 Å². The van der Waals surface area contributed by atoms with E-state index < -0.39 is 0 Å². The van der Waals surface area contributed by atoms with E-state index in [0.717, 1.165) is 5.56 Å². The van der Waals surface area contributed by atoms with Crippen LogP contribution in [-0.2, 0) is 0 Å². The predicted octanol–water partition coefficient (Wildman–Crippen LogP) is 5.79. The molecule has 0 saturated carbocycles. The van der Waals surface area contributed by atoms with Gasteiger partial charge in [-0.15, -0.1) is 0 Å². The zero-order valence-electron chi connectivity index (χ0n) is 17.4. The lowest BCUT2D eigenvalue weighted by Crippen LogP contribution is -1.89. The Hall–Kier alpha value is -5.63. The molecule has 0 unspecified atom stereocenters. The van der Waals surface area contributed by atoms with Crippen LogP contribution in [-0.4, -0.2) is 4.98 Å². The van der Waals surface area contributed by atoms with Crippen LogP contribution in [0, 0.1) is 45.3 Å². The maximum atomic E-state index is 9.60. The van der Waals surface area contributed by atoms with Crippen molar-refractivity contribution in [2.75, 3.05) is 0 Å². The number of oxazole rings is 1. The molecule has 7 heteroatoms. The summed E-state index contributed by atoms with van der Waals surface area (Å²) in [5, 5.41) is 38.4. The van der Waals surface area contributed by atoms with Gasteiger partial charge in [0.1, 0.15) is 41.2 Å². The number of aromatic nitrogens is 1. The fourth-order valence-electron chi connectivity index (χ4n) is 3.96. The van der Waals surface area contributed by atoms with Crippen LogP contribution in [0.25, 0.3) is 40.0 Å². The number of rotatable bonds is 2. The molecule has 0 saturated heterocycles. The molecule has 0 N–H and O–H groups in total. The molecule has 34 heavy (non-hydrogen) atoms. The second-order valence-corrected chi connectivity index (χ2v) is 7.25. The highest BCUT2D eigenvalue weighted by Gasteiger charge is 2.32. The van der Waals surface area contributed by atoms with Gasteiger partial charge in [0, 0.05) is 22.8 Å². The summed E-state index contributed by atoms with van der Waals surface area (Å²) in [6.45, 7) is 0. The fourth-order valence-corrected chi connectivity index (χ4v) is 3.96. The molecule has 1 aliphatic carbocycles. The predicted molar refractivity (Wildman–Crippen MR) is 122 cm³/mol. The van der Waals surface area contributed by atoms with Crippen LogP contribution in [0.2, 0.25) is 0 Å². The third kappa shape index (κ3) is 3.15. The van der Waals surface area contributed by atoms with Crippen LogP contribution in [0.4, 0.5) is 0 Å². The summed E-state index contributed by atoms with van der Waals surface area (Å²) in [5.41, 5.74) is 3.45. The summed E-state index contributed by atoms with van der Waals surface area (Å²) in [4.78, 5) is 4.39. The van der Waals surface area contributed by atoms with Crippen molar-refractivity contribution >= 4 is 28.5 Å². The third-order valence-corrected chi connectivity index (χ3v) is 5.37. The summed E-state index contributed by atoms with van der Waals surface area (Å²) in [5.74, 6) is 0.750. The Morgan fingerprint density at radius 1 is 0.735 bits per heavy atom. The summed E-state index contributed by atoms with van der Waals surface area (Å²) in [6.07, 6.45) is 1.59. The van der Waals surface area contributed by atoms with E-state index in [1.54, 1.807) is 36.4 Å². The van der Waals surface area contributed by atoms with Crippen molar-refractivity contribution in [1.29, 1.82) is 21.0 Å². The van der Waals surface area contributed by atoms with Crippen LogP contribution in [0.1, 0.15) is 16.9 Å². The average molecular weight is 437 g/mol. The van der Waals surface area contributed by atoms with Crippen molar-refractivity contribution in [3.05, 3.63) is 94.3 Å². The van der Waals surface area contributed by atoms with Gasteiger partial charge < -0.3 is 8.83 Å². The highest BCUT2D eigenvalue weighted by Crippen LogP contribution is 2.48. The molecule has 0 amide bonds. The number of fused-ring (bicyclic) bond motifs is 2. The Morgan fingerprint density at radius 2 is 1.29 bits per heavy atom. The number of furan rings is 1. The van der Waals surface area contributed by atoms with Gasteiger partial charge in [-0.25, -0.2) is 0 Å². The number of hydrogen-bond donors (Lipinski definition) is 0. The smallest absolute Gasteiger partial charge is 0.266 e. The molecule has 0 radical (unpaired) electrons. The molecule has 156 valence electrons. The first-order valence-corrected chi connectivity index (χ1v) is 10.1. The number of benzene rings is 2.